The van der Waals surface area contributed by atoms with Crippen molar-refractivity contribution in [2.24, 2.45) is 0 Å². The van der Waals surface area contributed by atoms with Crippen LogP contribution in [0.2, 0.25) is 0 Å². The van der Waals surface area contributed by atoms with Crippen molar-refractivity contribution < 1.29 is 19.7 Å². The summed E-state index contributed by atoms with van der Waals surface area (Å²) in [5, 5.41) is 23.5. The van der Waals surface area contributed by atoms with Gasteiger partial charge in [-0.05, 0) is 107 Å². The molecule has 7 heteroatoms. The highest BCUT2D eigenvalue weighted by atomic mass is 16.5. The SMILES string of the molecule is Cc1c(C)n(CCCN(C)C)c2ccc(Oc3ccc(Nc4ccc(CCC(=O)O)c(O)c4)cc3)cc12. The van der Waals surface area contributed by atoms with Crippen LogP contribution in [0.3, 0.4) is 0 Å². The number of aromatic hydroxyl groups is 1. The average Bonchev–Trinajstić information content (AvgIpc) is 3.09. The molecule has 0 saturated heterocycles. The number of phenols is 1. The zero-order chi connectivity index (χ0) is 26.5. The highest BCUT2D eigenvalue weighted by Gasteiger charge is 2.12. The fourth-order valence-corrected chi connectivity index (χ4v) is 4.53. The molecule has 0 spiro atoms. The van der Waals surface area contributed by atoms with Gasteiger partial charge in [0.25, 0.3) is 0 Å². The monoisotopic (exact) mass is 501 g/mol. The summed E-state index contributed by atoms with van der Waals surface area (Å²) >= 11 is 0. The Morgan fingerprint density at radius 1 is 0.973 bits per heavy atom. The molecule has 0 amide bonds. The number of carboxylic acids is 1. The number of hydrogen-bond acceptors (Lipinski definition) is 5. The van der Waals surface area contributed by atoms with Crippen LogP contribution in [-0.4, -0.2) is 46.3 Å². The lowest BCUT2D eigenvalue weighted by Crippen LogP contribution is -2.15. The second kappa shape index (κ2) is 11.4. The van der Waals surface area contributed by atoms with Crippen molar-refractivity contribution in [3.63, 3.8) is 0 Å². The summed E-state index contributed by atoms with van der Waals surface area (Å²) in [7, 11) is 4.21. The summed E-state index contributed by atoms with van der Waals surface area (Å²) in [6, 6.07) is 19.1. The number of carboxylic acid groups (broad SMARTS) is 1. The number of aliphatic carboxylic acids is 1. The molecule has 0 bridgehead atoms. The van der Waals surface area contributed by atoms with Gasteiger partial charge >= 0.3 is 5.97 Å². The van der Waals surface area contributed by atoms with Crippen LogP contribution in [0.5, 0.6) is 17.2 Å². The minimum absolute atomic E-state index is 0.0174. The van der Waals surface area contributed by atoms with E-state index in [1.165, 1.54) is 22.2 Å². The van der Waals surface area contributed by atoms with Crippen molar-refractivity contribution in [2.75, 3.05) is 26.0 Å². The van der Waals surface area contributed by atoms with Gasteiger partial charge in [-0.1, -0.05) is 6.07 Å². The second-order valence-corrected chi connectivity index (χ2v) is 9.69. The maximum Gasteiger partial charge on any atom is 0.303 e. The van der Waals surface area contributed by atoms with E-state index < -0.39 is 5.97 Å². The van der Waals surface area contributed by atoms with Gasteiger partial charge in [0.15, 0.2) is 0 Å². The Labute approximate surface area is 217 Å². The second-order valence-electron chi connectivity index (χ2n) is 9.69. The Balaban J connectivity index is 1.42. The summed E-state index contributed by atoms with van der Waals surface area (Å²) in [5.74, 6) is 0.724. The van der Waals surface area contributed by atoms with Crippen LogP contribution in [0.25, 0.3) is 10.9 Å². The predicted molar refractivity (Wildman–Crippen MR) is 148 cm³/mol. The Bertz CT molecular complexity index is 1390. The molecule has 0 aliphatic carbocycles. The Morgan fingerprint density at radius 3 is 2.35 bits per heavy atom. The number of ether oxygens (including phenoxy) is 1. The van der Waals surface area contributed by atoms with Crippen LogP contribution in [0.4, 0.5) is 11.4 Å². The predicted octanol–water partition coefficient (Wildman–Crippen LogP) is 6.47. The standard InChI is InChI=1S/C30H35N3O4/c1-20-21(2)33(17-5-16-32(3)4)28-14-13-26(19-27(20)28)37-25-11-9-23(10-12-25)31-24-8-6-22(29(34)18-24)7-15-30(35)36/h6,8-14,18-19,31,34H,5,7,15-17H2,1-4H3,(H,35,36). The summed E-state index contributed by atoms with van der Waals surface area (Å²) < 4.78 is 8.56. The van der Waals surface area contributed by atoms with Crippen molar-refractivity contribution in [1.29, 1.82) is 0 Å². The molecular weight excluding hydrogens is 466 g/mol. The van der Waals surface area contributed by atoms with Crippen molar-refractivity contribution in [2.45, 2.75) is 39.7 Å². The van der Waals surface area contributed by atoms with Crippen LogP contribution in [0, 0.1) is 13.8 Å². The first-order valence-electron chi connectivity index (χ1n) is 12.5. The van der Waals surface area contributed by atoms with Crippen molar-refractivity contribution in [3.05, 3.63) is 77.5 Å². The Kier molecular flexibility index (Phi) is 8.04. The first-order chi connectivity index (χ1) is 17.7. The molecule has 4 rings (SSSR count). The topological polar surface area (TPSA) is 87.0 Å². The molecule has 0 saturated carbocycles. The zero-order valence-corrected chi connectivity index (χ0v) is 21.9. The third-order valence-corrected chi connectivity index (χ3v) is 6.67. The van der Waals surface area contributed by atoms with Crippen LogP contribution >= 0.6 is 0 Å². The number of nitrogens with one attached hydrogen (secondary N) is 1. The van der Waals surface area contributed by atoms with E-state index in [1.54, 1.807) is 12.1 Å². The minimum Gasteiger partial charge on any atom is -0.508 e. The van der Waals surface area contributed by atoms with Gasteiger partial charge in [-0.2, -0.15) is 0 Å². The van der Waals surface area contributed by atoms with E-state index in [-0.39, 0.29) is 12.2 Å². The van der Waals surface area contributed by atoms with Gasteiger partial charge in [-0.15, -0.1) is 0 Å². The van der Waals surface area contributed by atoms with Crippen LogP contribution in [0.1, 0.15) is 29.7 Å². The first kappa shape index (κ1) is 26.1. The number of hydrogen-bond donors (Lipinski definition) is 3. The van der Waals surface area contributed by atoms with E-state index in [9.17, 15) is 9.90 Å². The van der Waals surface area contributed by atoms with Gasteiger partial charge < -0.3 is 29.7 Å². The molecule has 0 fully saturated rings. The highest BCUT2D eigenvalue weighted by Crippen LogP contribution is 2.32. The van der Waals surface area contributed by atoms with Crippen LogP contribution in [-0.2, 0) is 17.8 Å². The molecule has 37 heavy (non-hydrogen) atoms. The number of aryl methyl sites for hydroxylation is 3. The molecule has 0 aliphatic heterocycles. The largest absolute Gasteiger partial charge is 0.508 e. The smallest absolute Gasteiger partial charge is 0.303 e. The molecule has 1 aromatic heterocycles. The molecule has 0 unspecified atom stereocenters. The number of nitrogens with zero attached hydrogens (tertiary/aromatic N) is 2. The van der Waals surface area contributed by atoms with E-state index in [0.717, 1.165) is 42.4 Å². The number of fused-ring (bicyclic) bond motifs is 1. The third kappa shape index (κ3) is 6.43. The molecule has 0 aliphatic rings. The molecule has 0 radical (unpaired) electrons. The molecule has 7 nitrogen and oxygen atoms in total. The van der Waals surface area contributed by atoms with Crippen molar-refractivity contribution >= 4 is 28.2 Å². The van der Waals surface area contributed by atoms with Crippen molar-refractivity contribution in [3.8, 4) is 17.2 Å². The maximum absolute atomic E-state index is 10.8. The number of benzene rings is 3. The molecule has 0 atom stereocenters. The molecular formula is C30H35N3O4. The van der Waals surface area contributed by atoms with Crippen molar-refractivity contribution in [1.82, 2.24) is 9.47 Å². The first-order valence-corrected chi connectivity index (χ1v) is 12.5. The van der Waals surface area contributed by atoms with Crippen LogP contribution in [0.15, 0.2) is 60.7 Å². The summed E-state index contributed by atoms with van der Waals surface area (Å²) in [6.07, 6.45) is 1.38. The summed E-state index contributed by atoms with van der Waals surface area (Å²) in [6.45, 7) is 6.40. The Hall–Kier alpha value is -3.97. The molecule has 3 aromatic carbocycles. The average molecular weight is 502 g/mol. The highest BCUT2D eigenvalue weighted by molar-refractivity contribution is 5.86. The fraction of sp³-hybridized carbons (Fsp3) is 0.300. The molecule has 3 N–H and O–H groups in total. The third-order valence-electron chi connectivity index (χ3n) is 6.67. The number of rotatable bonds is 11. The van der Waals surface area contributed by atoms with Gasteiger partial charge in [0.2, 0.25) is 0 Å². The van der Waals surface area contributed by atoms with Gasteiger partial charge in [-0.3, -0.25) is 4.79 Å². The number of phenolic OH excluding ortho intramolecular Hbond substituents is 1. The van der Waals surface area contributed by atoms with Gasteiger partial charge in [0, 0.05) is 47.0 Å². The molecule has 194 valence electrons. The van der Waals surface area contributed by atoms with Gasteiger partial charge in [0.05, 0.1) is 0 Å². The summed E-state index contributed by atoms with van der Waals surface area (Å²) in [5.41, 5.74) is 5.99. The van der Waals surface area contributed by atoms with E-state index in [2.05, 4.69) is 54.9 Å². The van der Waals surface area contributed by atoms with E-state index in [4.69, 9.17) is 9.84 Å². The van der Waals surface area contributed by atoms with Crippen LogP contribution < -0.4 is 10.1 Å². The van der Waals surface area contributed by atoms with E-state index in [0.29, 0.717) is 12.0 Å². The normalized spacial score (nSPS) is 11.3. The lowest BCUT2D eigenvalue weighted by molar-refractivity contribution is -0.136. The fourth-order valence-electron chi connectivity index (χ4n) is 4.53. The molecule has 4 aromatic rings. The van der Waals surface area contributed by atoms with E-state index in [1.807, 2.05) is 36.4 Å². The van der Waals surface area contributed by atoms with E-state index >= 15 is 0 Å². The maximum atomic E-state index is 10.8. The summed E-state index contributed by atoms with van der Waals surface area (Å²) in [4.78, 5) is 13.0. The quantitative estimate of drug-likeness (QED) is 0.218. The number of anilines is 2. The number of aromatic nitrogens is 1. The zero-order valence-electron chi connectivity index (χ0n) is 21.9. The minimum atomic E-state index is -0.886. The lowest BCUT2D eigenvalue weighted by atomic mass is 10.1. The Morgan fingerprint density at radius 2 is 1.68 bits per heavy atom. The van der Waals surface area contributed by atoms with Gasteiger partial charge in [0.1, 0.15) is 17.2 Å². The van der Waals surface area contributed by atoms with Gasteiger partial charge in [-0.25, -0.2) is 0 Å². The number of carbonyl (C=O) groups is 1. The lowest BCUT2D eigenvalue weighted by Gasteiger charge is -2.12. The molecule has 1 heterocycles.